The number of benzene rings is 1. The van der Waals surface area contributed by atoms with E-state index >= 15 is 0 Å². The Labute approximate surface area is 129 Å². The molecular formula is C18H30N2O. The predicted octanol–water partition coefficient (Wildman–Crippen LogP) is 3.08. The summed E-state index contributed by atoms with van der Waals surface area (Å²) in [6.07, 6.45) is 2.47. The Balaban J connectivity index is 1.78. The Kier molecular flexibility index (Phi) is 6.52. The lowest BCUT2D eigenvalue weighted by Crippen LogP contribution is -2.43. The van der Waals surface area contributed by atoms with E-state index in [1.165, 1.54) is 24.9 Å². The van der Waals surface area contributed by atoms with Crippen LogP contribution >= 0.6 is 0 Å². The van der Waals surface area contributed by atoms with Crippen LogP contribution < -0.4 is 10.1 Å². The Hall–Kier alpha value is -1.06. The number of nitrogens with zero attached hydrogens (tertiary/aromatic N) is 1. The van der Waals surface area contributed by atoms with E-state index in [4.69, 9.17) is 4.74 Å². The molecule has 118 valence electrons. The van der Waals surface area contributed by atoms with Crippen molar-refractivity contribution >= 4 is 0 Å². The molecule has 0 amide bonds. The van der Waals surface area contributed by atoms with E-state index in [1.54, 1.807) is 0 Å². The molecule has 0 saturated carbocycles. The molecule has 0 bridgehead atoms. The summed E-state index contributed by atoms with van der Waals surface area (Å²) in [5, 5.41) is 3.70. The summed E-state index contributed by atoms with van der Waals surface area (Å²) in [5.41, 5.74) is 1.25. The molecule has 3 nitrogen and oxygen atoms in total. The summed E-state index contributed by atoms with van der Waals surface area (Å²) in [6, 6.07) is 8.92. The Morgan fingerprint density at radius 2 is 2.29 bits per heavy atom. The van der Waals surface area contributed by atoms with Crippen LogP contribution in [0.1, 0.15) is 32.3 Å². The average molecular weight is 290 g/mol. The van der Waals surface area contributed by atoms with Gasteiger partial charge >= 0.3 is 0 Å². The van der Waals surface area contributed by atoms with Crippen LogP contribution in [0.3, 0.4) is 0 Å². The smallest absolute Gasteiger partial charge is 0.119 e. The van der Waals surface area contributed by atoms with Crippen molar-refractivity contribution in [2.45, 2.75) is 39.7 Å². The van der Waals surface area contributed by atoms with Crippen molar-refractivity contribution in [3.63, 3.8) is 0 Å². The van der Waals surface area contributed by atoms with Gasteiger partial charge in [0.1, 0.15) is 12.4 Å². The van der Waals surface area contributed by atoms with Crippen molar-refractivity contribution in [2.24, 2.45) is 5.92 Å². The maximum atomic E-state index is 5.89. The minimum Gasteiger partial charge on any atom is -0.492 e. The van der Waals surface area contributed by atoms with Crippen molar-refractivity contribution in [1.29, 1.82) is 0 Å². The molecule has 1 N–H and O–H groups in total. The van der Waals surface area contributed by atoms with Crippen LogP contribution in [0.15, 0.2) is 24.3 Å². The zero-order valence-corrected chi connectivity index (χ0v) is 13.8. The van der Waals surface area contributed by atoms with Crippen molar-refractivity contribution < 1.29 is 4.74 Å². The molecule has 1 fully saturated rings. The molecule has 1 heterocycles. The molecule has 0 radical (unpaired) electrons. The van der Waals surface area contributed by atoms with Gasteiger partial charge in [-0.3, -0.25) is 4.90 Å². The van der Waals surface area contributed by atoms with Gasteiger partial charge in [-0.2, -0.15) is 0 Å². The number of hydrogen-bond acceptors (Lipinski definition) is 3. The van der Waals surface area contributed by atoms with Crippen molar-refractivity contribution in [3.05, 3.63) is 29.8 Å². The molecule has 2 atom stereocenters. The van der Waals surface area contributed by atoms with Crippen LogP contribution in [0, 0.1) is 12.8 Å². The molecule has 1 aliphatic heterocycles. The lowest BCUT2D eigenvalue weighted by atomic mass is 9.99. The predicted molar refractivity (Wildman–Crippen MR) is 89.0 cm³/mol. The third kappa shape index (κ3) is 5.33. The second-order valence-electron chi connectivity index (χ2n) is 6.27. The van der Waals surface area contributed by atoms with Gasteiger partial charge in [0.15, 0.2) is 0 Å². The summed E-state index contributed by atoms with van der Waals surface area (Å²) in [4.78, 5) is 2.55. The average Bonchev–Trinajstić information content (AvgIpc) is 2.72. The Morgan fingerprint density at radius 1 is 1.43 bits per heavy atom. The molecule has 0 aromatic heterocycles. The number of hydrogen-bond donors (Lipinski definition) is 1. The largest absolute Gasteiger partial charge is 0.492 e. The Bertz CT molecular complexity index is 421. The topological polar surface area (TPSA) is 24.5 Å². The first-order valence-electron chi connectivity index (χ1n) is 8.34. The van der Waals surface area contributed by atoms with Gasteiger partial charge < -0.3 is 10.1 Å². The van der Waals surface area contributed by atoms with Gasteiger partial charge in [-0.1, -0.05) is 32.4 Å². The monoisotopic (exact) mass is 290 g/mol. The summed E-state index contributed by atoms with van der Waals surface area (Å²) in [5.74, 6) is 1.73. The van der Waals surface area contributed by atoms with Gasteiger partial charge in [-0.25, -0.2) is 0 Å². The second-order valence-corrected chi connectivity index (χ2v) is 6.27. The fourth-order valence-electron chi connectivity index (χ4n) is 2.89. The first kappa shape index (κ1) is 16.3. The van der Waals surface area contributed by atoms with Crippen molar-refractivity contribution in [2.75, 3.05) is 32.8 Å². The van der Waals surface area contributed by atoms with Crippen LogP contribution in [0.4, 0.5) is 0 Å². The summed E-state index contributed by atoms with van der Waals surface area (Å²) in [7, 11) is 0. The molecule has 1 aliphatic rings. The van der Waals surface area contributed by atoms with E-state index in [9.17, 15) is 0 Å². The zero-order chi connectivity index (χ0) is 15.1. The third-order valence-corrected chi connectivity index (χ3v) is 4.51. The molecule has 2 rings (SSSR count). The highest BCUT2D eigenvalue weighted by molar-refractivity contribution is 5.27. The summed E-state index contributed by atoms with van der Waals surface area (Å²) >= 11 is 0. The molecule has 1 aromatic carbocycles. The van der Waals surface area contributed by atoms with Crippen molar-refractivity contribution in [3.8, 4) is 5.75 Å². The number of nitrogens with one attached hydrogen (secondary N) is 1. The molecule has 0 aliphatic carbocycles. The van der Waals surface area contributed by atoms with Crippen LogP contribution in [0.5, 0.6) is 5.75 Å². The van der Waals surface area contributed by atoms with E-state index in [1.807, 2.05) is 6.07 Å². The van der Waals surface area contributed by atoms with Crippen molar-refractivity contribution in [1.82, 2.24) is 10.2 Å². The highest BCUT2D eigenvalue weighted by Gasteiger charge is 2.21. The van der Waals surface area contributed by atoms with E-state index in [-0.39, 0.29) is 0 Å². The maximum absolute atomic E-state index is 5.89. The van der Waals surface area contributed by atoms with Gasteiger partial charge in [0.25, 0.3) is 0 Å². The number of aryl methyl sites for hydroxylation is 1. The van der Waals surface area contributed by atoms with Crippen LogP contribution in [0.25, 0.3) is 0 Å². The highest BCUT2D eigenvalue weighted by atomic mass is 16.5. The second kappa shape index (κ2) is 8.40. The summed E-state index contributed by atoms with van der Waals surface area (Å²) < 4.78 is 5.89. The Morgan fingerprint density at radius 3 is 3.05 bits per heavy atom. The maximum Gasteiger partial charge on any atom is 0.119 e. The summed E-state index contributed by atoms with van der Waals surface area (Å²) in [6.45, 7) is 12.0. The SMILES string of the molecule is CCC(C)C1CN(CCOc2cccc(C)c2)CCCN1. The van der Waals surface area contributed by atoms with E-state index in [0.717, 1.165) is 37.9 Å². The van der Waals surface area contributed by atoms with E-state index < -0.39 is 0 Å². The van der Waals surface area contributed by atoms with Crippen LogP contribution in [0.2, 0.25) is 0 Å². The van der Waals surface area contributed by atoms with Gasteiger partial charge in [-0.15, -0.1) is 0 Å². The number of ether oxygens (including phenoxy) is 1. The van der Waals surface area contributed by atoms with E-state index in [2.05, 4.69) is 49.2 Å². The minimum atomic E-state index is 0.622. The van der Waals surface area contributed by atoms with Gasteiger partial charge in [0, 0.05) is 19.1 Å². The van der Waals surface area contributed by atoms with E-state index in [0.29, 0.717) is 6.04 Å². The van der Waals surface area contributed by atoms with Gasteiger partial charge in [0.05, 0.1) is 0 Å². The van der Waals surface area contributed by atoms with Gasteiger partial charge in [0.2, 0.25) is 0 Å². The first-order chi connectivity index (χ1) is 10.2. The molecular weight excluding hydrogens is 260 g/mol. The zero-order valence-electron chi connectivity index (χ0n) is 13.8. The minimum absolute atomic E-state index is 0.622. The molecule has 1 aromatic rings. The highest BCUT2D eigenvalue weighted by Crippen LogP contribution is 2.14. The first-order valence-corrected chi connectivity index (χ1v) is 8.34. The lowest BCUT2D eigenvalue weighted by Gasteiger charge is -2.28. The standard InChI is InChI=1S/C18H30N2O/c1-4-16(3)18-14-20(10-6-9-19-18)11-12-21-17-8-5-7-15(2)13-17/h5,7-8,13,16,18-19H,4,6,9-12,14H2,1-3H3. The van der Waals surface area contributed by atoms with Gasteiger partial charge in [-0.05, 0) is 50.0 Å². The molecule has 2 unspecified atom stereocenters. The van der Waals surface area contributed by atoms with Crippen LogP contribution in [-0.4, -0.2) is 43.7 Å². The van der Waals surface area contributed by atoms with Crippen LogP contribution in [-0.2, 0) is 0 Å². The fourth-order valence-corrected chi connectivity index (χ4v) is 2.89. The third-order valence-electron chi connectivity index (χ3n) is 4.51. The number of rotatable bonds is 6. The lowest BCUT2D eigenvalue weighted by molar-refractivity contribution is 0.193. The quantitative estimate of drug-likeness (QED) is 0.871. The molecule has 21 heavy (non-hydrogen) atoms. The normalized spacial score (nSPS) is 21.8. The molecule has 3 heteroatoms. The molecule has 1 saturated heterocycles. The molecule has 0 spiro atoms. The fraction of sp³-hybridized carbons (Fsp3) is 0.667.